The highest BCUT2D eigenvalue weighted by Crippen LogP contribution is 2.71. The minimum absolute atomic E-state index is 0.184. The van der Waals surface area contributed by atoms with Crippen molar-refractivity contribution in [3.8, 4) is 44.5 Å². The third-order valence-electron chi connectivity index (χ3n) is 27.3. The largest absolute Gasteiger partial charge is 0.494 e. The first kappa shape index (κ1) is 63.8. The predicted octanol–water partition coefficient (Wildman–Crippen LogP) is 23.7. The lowest BCUT2D eigenvalue weighted by molar-refractivity contribution is 0.00578. The van der Waals surface area contributed by atoms with Crippen LogP contribution in [0.5, 0.6) is 0 Å². The summed E-state index contributed by atoms with van der Waals surface area (Å²) < 4.78 is 27.1. The van der Waals surface area contributed by atoms with Crippen LogP contribution in [-0.2, 0) is 40.3 Å². The molecule has 0 aromatic heterocycles. The lowest BCUT2D eigenvalue weighted by Gasteiger charge is -2.48. The number of fused-ring (bicyclic) bond motifs is 12. The number of halogens is 1. The van der Waals surface area contributed by atoms with Gasteiger partial charge >= 0.3 is 14.2 Å². The molecule has 2 saturated heterocycles. The molecule has 0 bridgehead atoms. The molecule has 7 heteroatoms. The normalized spacial score (nSPS) is 24.1. The van der Waals surface area contributed by atoms with Crippen molar-refractivity contribution in [2.45, 2.75) is 177 Å². The van der Waals surface area contributed by atoms with Crippen molar-refractivity contribution in [3.05, 3.63) is 263 Å². The van der Waals surface area contributed by atoms with E-state index >= 15 is 0 Å². The van der Waals surface area contributed by atoms with Crippen molar-refractivity contribution < 1.29 is 18.6 Å². The lowest BCUT2D eigenvalue weighted by atomic mass is 9.54. The van der Waals surface area contributed by atoms with Crippen molar-refractivity contribution in [2.75, 3.05) is 0 Å². The molecule has 0 N–H and O–H groups in total. The fraction of sp³-hybridized carbons (Fsp3) is 0.298. The van der Waals surface area contributed by atoms with Crippen LogP contribution in [0.15, 0.2) is 241 Å². The Labute approximate surface area is 604 Å². The van der Waals surface area contributed by atoms with E-state index in [-0.39, 0.29) is 58.3 Å². The first-order chi connectivity index (χ1) is 48.8. The third-order valence-corrected chi connectivity index (χ3v) is 28.2. The smallest absolute Gasteiger partial charge is 0.399 e. The molecule has 0 spiro atoms. The van der Waals surface area contributed by atoms with Crippen molar-refractivity contribution in [1.29, 1.82) is 0 Å². The molecule has 4 saturated carbocycles. The van der Waals surface area contributed by atoms with Gasteiger partial charge in [0.15, 0.2) is 0 Å². The van der Waals surface area contributed by atoms with Crippen molar-refractivity contribution >= 4 is 106 Å². The summed E-state index contributed by atoms with van der Waals surface area (Å²) in [6.45, 7) is 17.1. The molecule has 0 unspecified atom stereocenters. The van der Waals surface area contributed by atoms with Crippen LogP contribution in [0.4, 0.5) is 0 Å². The molecule has 6 fully saturated rings. The Hall–Kier alpha value is -8.13. The summed E-state index contributed by atoms with van der Waals surface area (Å²) in [6, 6.07) is 88.8. The molecule has 101 heavy (non-hydrogen) atoms. The van der Waals surface area contributed by atoms with Gasteiger partial charge in [-0.25, -0.2) is 0 Å². The molecular formula is C94H87B2BrO4. The Bertz CT molecular complexity index is 5110. The molecule has 13 aromatic rings. The van der Waals surface area contributed by atoms with E-state index in [1.807, 2.05) is 0 Å². The van der Waals surface area contributed by atoms with Crippen LogP contribution >= 0.6 is 15.9 Å². The van der Waals surface area contributed by atoms with Gasteiger partial charge in [-0.2, -0.15) is 0 Å². The van der Waals surface area contributed by atoms with Gasteiger partial charge in [-0.15, -0.1) is 0 Å². The summed E-state index contributed by atoms with van der Waals surface area (Å²) in [5, 5.41) is 15.8. The van der Waals surface area contributed by atoms with Crippen molar-refractivity contribution in [3.63, 3.8) is 0 Å². The molecule has 6 aliphatic carbocycles. The molecule has 4 nitrogen and oxygen atoms in total. The summed E-state index contributed by atoms with van der Waals surface area (Å²) in [7, 11) is -0.655. The standard InChI is InChI=1S/C48H36.C32H42B2O4.C14H9Br/c1-5-15-37-31(11-1)27-32-12-2-6-16-38(32)45(37)35-19-21-41-42-22-20-36(30-44(42)48-25-9-23-47(48,24-10-26-48)43(41)29-35)46-39-17-7-3-13-33(39)28-34-14-4-8-18-40(34)46;1-27(2)28(3,4)36-33(35-27)21-11-13-23-24-14-12-22(34-37-29(5,6)30(7,8)38-34)20-26(24)32-17-9-15-31(32,16-10-18-32)25(23)19-21;15-14-12-7-3-1-5-10(12)9-11-6-2-4-8-13(11)14/h1-8,11-22,27-30H,9-10,23-26H2;11-14,19-20H,9-10,15-18H2,1-8H3;1-9H. The van der Waals surface area contributed by atoms with Crippen LogP contribution in [0, 0.1) is 0 Å². The Morgan fingerprint density at radius 1 is 0.267 bits per heavy atom. The zero-order chi connectivity index (χ0) is 68.6. The Balaban J connectivity index is 0.000000118. The summed E-state index contributed by atoms with van der Waals surface area (Å²) in [5.74, 6) is 0. The van der Waals surface area contributed by atoms with Crippen LogP contribution in [0.1, 0.15) is 155 Å². The van der Waals surface area contributed by atoms with Crippen LogP contribution in [0.2, 0.25) is 0 Å². The number of hydrogen-bond acceptors (Lipinski definition) is 4. The topological polar surface area (TPSA) is 36.9 Å². The SMILES string of the molecule is Brc1c2ccccc2cc2ccccc12.CC1(C)OB(c2ccc3c(c2)C24CCCC2(CCC4)c2cc(B4OC(C)(C)C(C)(C)O4)ccc2-3)OC1(C)C.c1ccc2c(-c3ccc4c(c3)C35CCCC3(CCC5)c3cc(-c5c6ccccc6cc6ccccc56)ccc3-4)c3ccccc3cc2c1. The third kappa shape index (κ3) is 9.34. The van der Waals surface area contributed by atoms with Gasteiger partial charge in [0.2, 0.25) is 0 Å². The molecule has 13 aromatic carbocycles. The molecule has 2 heterocycles. The van der Waals surface area contributed by atoms with Gasteiger partial charge < -0.3 is 18.6 Å². The van der Waals surface area contributed by atoms with Crippen LogP contribution < -0.4 is 10.9 Å². The second-order valence-corrected chi connectivity index (χ2v) is 33.9. The van der Waals surface area contributed by atoms with E-state index in [4.69, 9.17) is 18.6 Å². The fourth-order valence-electron chi connectivity index (χ4n) is 21.2. The van der Waals surface area contributed by atoms with E-state index in [0.29, 0.717) is 0 Å². The average Bonchev–Trinajstić information content (AvgIpc) is 1.55. The second kappa shape index (κ2) is 22.9. The van der Waals surface area contributed by atoms with E-state index in [9.17, 15) is 0 Å². The van der Waals surface area contributed by atoms with E-state index < -0.39 is 0 Å². The van der Waals surface area contributed by atoms with E-state index in [1.54, 1.807) is 11.1 Å². The highest BCUT2D eigenvalue weighted by atomic mass is 79.9. The van der Waals surface area contributed by atoms with E-state index in [0.717, 1.165) is 10.9 Å². The first-order valence-corrected chi connectivity index (χ1v) is 38.3. The van der Waals surface area contributed by atoms with Crippen molar-refractivity contribution in [2.24, 2.45) is 0 Å². The minimum atomic E-state index is -0.340. The minimum Gasteiger partial charge on any atom is -0.399 e. The molecule has 21 rings (SSSR count). The quantitative estimate of drug-likeness (QED) is 0.130. The van der Waals surface area contributed by atoms with Crippen LogP contribution in [0.25, 0.3) is 109 Å². The molecule has 500 valence electrons. The van der Waals surface area contributed by atoms with Gasteiger partial charge in [0.25, 0.3) is 0 Å². The molecule has 2 aliphatic heterocycles. The number of rotatable bonds is 4. The maximum Gasteiger partial charge on any atom is 0.494 e. The zero-order valence-corrected chi connectivity index (χ0v) is 61.3. The highest BCUT2D eigenvalue weighted by Gasteiger charge is 2.64. The Kier molecular flexibility index (Phi) is 14.5. The van der Waals surface area contributed by atoms with E-state index in [2.05, 4.69) is 308 Å². The van der Waals surface area contributed by atoms with Crippen molar-refractivity contribution in [1.82, 2.24) is 0 Å². The van der Waals surface area contributed by atoms with Gasteiger partial charge in [-0.1, -0.05) is 232 Å². The first-order valence-electron chi connectivity index (χ1n) is 37.5. The molecule has 0 atom stereocenters. The van der Waals surface area contributed by atoms with Gasteiger partial charge in [0.05, 0.1) is 22.4 Å². The second-order valence-electron chi connectivity index (χ2n) is 33.1. The molecule has 0 amide bonds. The highest BCUT2D eigenvalue weighted by molar-refractivity contribution is 9.10. The predicted molar refractivity (Wildman–Crippen MR) is 427 cm³/mol. The lowest BCUT2D eigenvalue weighted by Crippen LogP contribution is -2.46. The molecule has 0 radical (unpaired) electrons. The summed E-state index contributed by atoms with van der Waals surface area (Å²) >= 11 is 3.68. The maximum absolute atomic E-state index is 6.49. The van der Waals surface area contributed by atoms with Crippen LogP contribution in [-0.4, -0.2) is 36.6 Å². The van der Waals surface area contributed by atoms with Gasteiger partial charge in [-0.05, 0) is 295 Å². The Morgan fingerprint density at radius 3 is 0.792 bits per heavy atom. The van der Waals surface area contributed by atoms with Gasteiger partial charge in [0, 0.05) is 26.1 Å². The molecule has 8 aliphatic rings. The maximum atomic E-state index is 6.49. The molecular weight excluding hydrogens is 1290 g/mol. The van der Waals surface area contributed by atoms with Gasteiger partial charge in [0.1, 0.15) is 0 Å². The van der Waals surface area contributed by atoms with Gasteiger partial charge in [-0.3, -0.25) is 0 Å². The number of benzene rings is 13. The zero-order valence-electron chi connectivity index (χ0n) is 59.7. The summed E-state index contributed by atoms with van der Waals surface area (Å²) in [5.41, 5.74) is 19.2. The number of hydrogen-bond donors (Lipinski definition) is 0. The average molecular weight is 1380 g/mol. The van der Waals surface area contributed by atoms with Crippen LogP contribution in [0.3, 0.4) is 0 Å². The summed E-state index contributed by atoms with van der Waals surface area (Å²) in [4.78, 5) is 0. The monoisotopic (exact) mass is 1380 g/mol. The van der Waals surface area contributed by atoms with E-state index in [1.165, 1.54) is 202 Å². The summed E-state index contributed by atoms with van der Waals surface area (Å²) in [6.07, 6.45) is 15.4. The fourth-order valence-corrected chi connectivity index (χ4v) is 21.9. The Morgan fingerprint density at radius 2 is 0.505 bits per heavy atom.